The molecule has 2 aliphatic carbocycles. The Hall–Kier alpha value is -1.11. The first kappa shape index (κ1) is 11.0. The molecule has 1 aromatic rings. The molecule has 90 valence electrons. The fourth-order valence-corrected chi connectivity index (χ4v) is 3.18. The highest BCUT2D eigenvalue weighted by Gasteiger charge is 2.35. The van der Waals surface area contributed by atoms with Gasteiger partial charge >= 0.3 is 0 Å². The van der Waals surface area contributed by atoms with Crippen molar-refractivity contribution in [2.45, 2.75) is 56.8 Å². The Morgan fingerprint density at radius 3 is 2.71 bits per heavy atom. The summed E-state index contributed by atoms with van der Waals surface area (Å²) < 4.78 is 0. The monoisotopic (exact) mass is 228 g/mol. The number of rotatable bonds is 2. The van der Waals surface area contributed by atoms with Crippen molar-refractivity contribution in [1.82, 2.24) is 0 Å². The van der Waals surface area contributed by atoms with Crippen LogP contribution in [0.25, 0.3) is 0 Å². The van der Waals surface area contributed by atoms with Crippen LogP contribution in [0.4, 0.5) is 0 Å². The van der Waals surface area contributed by atoms with Gasteiger partial charge in [-0.15, -0.1) is 0 Å². The van der Waals surface area contributed by atoms with E-state index in [0.29, 0.717) is 5.78 Å². The van der Waals surface area contributed by atoms with Crippen molar-refractivity contribution in [1.29, 1.82) is 0 Å². The average Bonchev–Trinajstić information content (AvgIpc) is 2.58. The van der Waals surface area contributed by atoms with Crippen LogP contribution >= 0.6 is 0 Å². The highest BCUT2D eigenvalue weighted by atomic mass is 16.1. The van der Waals surface area contributed by atoms with Gasteiger partial charge in [0.2, 0.25) is 0 Å². The van der Waals surface area contributed by atoms with Crippen molar-refractivity contribution in [3.63, 3.8) is 0 Å². The van der Waals surface area contributed by atoms with Gasteiger partial charge in [0, 0.05) is 12.8 Å². The second kappa shape index (κ2) is 3.97. The zero-order valence-electron chi connectivity index (χ0n) is 10.5. The summed E-state index contributed by atoms with van der Waals surface area (Å²) in [6.07, 6.45) is 6.61. The molecule has 0 aliphatic heterocycles. The van der Waals surface area contributed by atoms with E-state index in [1.54, 1.807) is 0 Å². The summed E-state index contributed by atoms with van der Waals surface area (Å²) in [6.45, 7) is 2.25. The molecule has 1 atom stereocenters. The minimum atomic E-state index is 0.108. The van der Waals surface area contributed by atoms with Crippen molar-refractivity contribution in [2.75, 3.05) is 0 Å². The Kier molecular flexibility index (Phi) is 2.57. The third-order valence-electron chi connectivity index (χ3n) is 4.70. The molecule has 0 bridgehead atoms. The van der Waals surface area contributed by atoms with Gasteiger partial charge in [0.05, 0.1) is 0 Å². The molecule has 0 heterocycles. The zero-order valence-corrected chi connectivity index (χ0v) is 10.5. The number of ketones is 1. The van der Waals surface area contributed by atoms with Crippen LogP contribution in [0.15, 0.2) is 24.3 Å². The number of Topliss-reactive ketones (excluding diaryl/α,β-unsaturated/α-hetero) is 1. The molecule has 1 nitrogen and oxygen atoms in total. The Bertz CT molecular complexity index is 445. The van der Waals surface area contributed by atoms with E-state index in [1.807, 2.05) is 0 Å². The van der Waals surface area contributed by atoms with Gasteiger partial charge in [-0.05, 0) is 41.7 Å². The molecule has 1 unspecified atom stereocenters. The predicted octanol–water partition coefficient (Wildman–Crippen LogP) is 3.96. The molecule has 1 aromatic carbocycles. The smallest absolute Gasteiger partial charge is 0.133 e. The lowest BCUT2D eigenvalue weighted by Crippen LogP contribution is -2.19. The number of hydrogen-bond donors (Lipinski definition) is 0. The topological polar surface area (TPSA) is 17.1 Å². The van der Waals surface area contributed by atoms with Crippen LogP contribution in [0.5, 0.6) is 0 Å². The predicted molar refractivity (Wildman–Crippen MR) is 69.2 cm³/mol. The van der Waals surface area contributed by atoms with Crippen LogP contribution in [0.3, 0.4) is 0 Å². The van der Waals surface area contributed by atoms with E-state index in [-0.39, 0.29) is 5.41 Å². The highest BCUT2D eigenvalue weighted by Crippen LogP contribution is 2.42. The van der Waals surface area contributed by atoms with E-state index in [2.05, 4.69) is 31.2 Å². The molecule has 17 heavy (non-hydrogen) atoms. The van der Waals surface area contributed by atoms with Gasteiger partial charge in [-0.3, -0.25) is 4.79 Å². The Morgan fingerprint density at radius 2 is 2.12 bits per heavy atom. The van der Waals surface area contributed by atoms with Crippen LogP contribution in [0, 0.1) is 0 Å². The summed E-state index contributed by atoms with van der Waals surface area (Å²) >= 11 is 0. The van der Waals surface area contributed by atoms with Crippen LogP contribution in [-0.4, -0.2) is 5.78 Å². The third kappa shape index (κ3) is 1.92. The van der Waals surface area contributed by atoms with Crippen molar-refractivity contribution in [3.8, 4) is 0 Å². The highest BCUT2D eigenvalue weighted by molar-refractivity contribution is 5.82. The molecule has 0 N–H and O–H groups in total. The van der Waals surface area contributed by atoms with E-state index in [4.69, 9.17) is 0 Å². The largest absolute Gasteiger partial charge is 0.300 e. The molecule has 2 saturated carbocycles. The lowest BCUT2D eigenvalue weighted by atomic mass is 9.76. The molecule has 0 radical (unpaired) electrons. The quantitative estimate of drug-likeness (QED) is 0.748. The van der Waals surface area contributed by atoms with Gasteiger partial charge in [0.1, 0.15) is 5.78 Å². The SMILES string of the molecule is CC1(c2cccc(C3CCC3)c2)CCC(=O)C1. The van der Waals surface area contributed by atoms with E-state index >= 15 is 0 Å². The molecule has 0 spiro atoms. The summed E-state index contributed by atoms with van der Waals surface area (Å²) in [7, 11) is 0. The minimum absolute atomic E-state index is 0.108. The van der Waals surface area contributed by atoms with Gasteiger partial charge in [0.15, 0.2) is 0 Å². The third-order valence-corrected chi connectivity index (χ3v) is 4.70. The molecule has 3 rings (SSSR count). The average molecular weight is 228 g/mol. The zero-order chi connectivity index (χ0) is 11.9. The molecular weight excluding hydrogens is 208 g/mol. The second-order valence-corrected chi connectivity index (χ2v) is 6.03. The normalized spacial score (nSPS) is 29.4. The van der Waals surface area contributed by atoms with Gasteiger partial charge in [-0.1, -0.05) is 37.6 Å². The number of hydrogen-bond acceptors (Lipinski definition) is 1. The first-order valence-corrected chi connectivity index (χ1v) is 6.79. The summed E-state index contributed by atoms with van der Waals surface area (Å²) in [5.41, 5.74) is 2.98. The number of carbonyl (C=O) groups is 1. The summed E-state index contributed by atoms with van der Waals surface area (Å²) in [5, 5.41) is 0. The van der Waals surface area contributed by atoms with Crippen molar-refractivity contribution < 1.29 is 4.79 Å². The standard InChI is InChI=1S/C16H20O/c1-16(9-8-15(17)11-16)14-7-3-6-13(10-14)12-4-2-5-12/h3,6-7,10,12H,2,4-5,8-9,11H2,1H3. The van der Waals surface area contributed by atoms with Crippen molar-refractivity contribution in [3.05, 3.63) is 35.4 Å². The fourth-order valence-electron chi connectivity index (χ4n) is 3.18. The van der Waals surface area contributed by atoms with Crippen LogP contribution < -0.4 is 0 Å². The summed E-state index contributed by atoms with van der Waals surface area (Å²) in [4.78, 5) is 11.5. The van der Waals surface area contributed by atoms with Crippen LogP contribution in [-0.2, 0) is 10.2 Å². The van der Waals surface area contributed by atoms with Gasteiger partial charge in [-0.25, -0.2) is 0 Å². The van der Waals surface area contributed by atoms with Gasteiger partial charge < -0.3 is 0 Å². The van der Waals surface area contributed by atoms with Gasteiger partial charge in [0.25, 0.3) is 0 Å². The van der Waals surface area contributed by atoms with Crippen LogP contribution in [0.2, 0.25) is 0 Å². The minimum Gasteiger partial charge on any atom is -0.300 e. The molecule has 0 saturated heterocycles. The summed E-state index contributed by atoms with van der Waals surface area (Å²) in [5.74, 6) is 1.22. The molecule has 2 fully saturated rings. The number of carbonyl (C=O) groups excluding carboxylic acids is 1. The second-order valence-electron chi connectivity index (χ2n) is 6.03. The Labute approximate surface area is 103 Å². The maximum Gasteiger partial charge on any atom is 0.133 e. The van der Waals surface area contributed by atoms with E-state index < -0.39 is 0 Å². The first-order chi connectivity index (χ1) is 8.17. The Balaban J connectivity index is 1.89. The Morgan fingerprint density at radius 1 is 1.29 bits per heavy atom. The molecule has 2 aliphatic rings. The maximum atomic E-state index is 11.5. The molecule has 0 amide bonds. The maximum absolute atomic E-state index is 11.5. The van der Waals surface area contributed by atoms with Crippen LogP contribution in [0.1, 0.15) is 62.5 Å². The van der Waals surface area contributed by atoms with E-state index in [0.717, 1.165) is 25.2 Å². The number of benzene rings is 1. The van der Waals surface area contributed by atoms with Crippen molar-refractivity contribution in [2.24, 2.45) is 0 Å². The van der Waals surface area contributed by atoms with Gasteiger partial charge in [-0.2, -0.15) is 0 Å². The van der Waals surface area contributed by atoms with Crippen molar-refractivity contribution >= 4 is 5.78 Å². The fraction of sp³-hybridized carbons (Fsp3) is 0.562. The molecule has 1 heteroatoms. The lowest BCUT2D eigenvalue weighted by Gasteiger charge is -2.29. The van der Waals surface area contributed by atoms with E-state index in [1.165, 1.54) is 30.4 Å². The molecule has 0 aromatic heterocycles. The summed E-state index contributed by atoms with van der Waals surface area (Å²) in [6, 6.07) is 9.01. The molecular formula is C16H20O. The van der Waals surface area contributed by atoms with E-state index in [9.17, 15) is 4.79 Å². The first-order valence-electron chi connectivity index (χ1n) is 6.79. The lowest BCUT2D eigenvalue weighted by molar-refractivity contribution is -0.117.